The molecule has 1 atom stereocenters. The van der Waals surface area contributed by atoms with Crippen LogP contribution in [0.1, 0.15) is 48.6 Å². The summed E-state index contributed by atoms with van der Waals surface area (Å²) >= 11 is 2.87. The number of nitrogens with zero attached hydrogens (tertiary/aromatic N) is 1. The number of carbonyl (C=O) groups is 2. The number of dihydropyridines is 1. The molecule has 2 aliphatic rings. The minimum Gasteiger partial charge on any atom is -0.352 e. The summed E-state index contributed by atoms with van der Waals surface area (Å²) in [5, 5.41) is 19.1. The lowest BCUT2D eigenvalue weighted by atomic mass is 9.70. The SMILES string of the molecule is Cc1cccc(NC(=O)CSC2=C(C#N)C(c3cccs3)C3=C(CC(C)(C)CC3=O)N2)c1C. The van der Waals surface area contributed by atoms with E-state index in [1.807, 2.05) is 49.6 Å². The molecule has 1 aliphatic carbocycles. The lowest BCUT2D eigenvalue weighted by molar-refractivity contribution is -0.118. The van der Waals surface area contributed by atoms with E-state index >= 15 is 0 Å². The Labute approximate surface area is 203 Å². The van der Waals surface area contributed by atoms with Crippen molar-refractivity contribution in [3.05, 3.63) is 73.6 Å². The second kappa shape index (κ2) is 9.20. The van der Waals surface area contributed by atoms with Gasteiger partial charge >= 0.3 is 0 Å². The molecule has 33 heavy (non-hydrogen) atoms. The normalized spacial score (nSPS) is 19.6. The first-order valence-electron chi connectivity index (χ1n) is 10.9. The summed E-state index contributed by atoms with van der Waals surface area (Å²) in [5.74, 6) is -0.248. The minimum absolute atomic E-state index is 0.0941. The molecular weight excluding hydrogens is 450 g/mol. The number of thiophene rings is 1. The number of Topliss-reactive ketones (excluding diaryl/α,β-unsaturated/α-hetero) is 1. The number of carbonyl (C=O) groups excluding carboxylic acids is 2. The summed E-state index contributed by atoms with van der Waals surface area (Å²) in [6.07, 6.45) is 1.20. The van der Waals surface area contributed by atoms with Gasteiger partial charge in [0, 0.05) is 28.3 Å². The molecule has 0 bridgehead atoms. The number of allylic oxidation sites excluding steroid dienone is 3. The molecule has 0 radical (unpaired) electrons. The van der Waals surface area contributed by atoms with Crippen molar-refractivity contribution in [1.82, 2.24) is 5.32 Å². The van der Waals surface area contributed by atoms with E-state index in [4.69, 9.17) is 0 Å². The maximum Gasteiger partial charge on any atom is 0.234 e. The second-order valence-electron chi connectivity index (χ2n) is 9.35. The number of amides is 1. The molecule has 1 aromatic carbocycles. The smallest absolute Gasteiger partial charge is 0.234 e. The largest absolute Gasteiger partial charge is 0.352 e. The van der Waals surface area contributed by atoms with Gasteiger partial charge in [-0.1, -0.05) is 43.8 Å². The Balaban J connectivity index is 1.61. The maximum atomic E-state index is 13.2. The number of nitriles is 1. The minimum atomic E-state index is -0.376. The Hall–Kier alpha value is -2.82. The molecule has 2 aromatic rings. The van der Waals surface area contributed by atoms with Gasteiger partial charge in [-0.25, -0.2) is 0 Å². The molecule has 2 N–H and O–H groups in total. The van der Waals surface area contributed by atoms with Crippen LogP contribution in [0.25, 0.3) is 0 Å². The highest BCUT2D eigenvalue weighted by Crippen LogP contribution is 2.48. The molecule has 1 aliphatic heterocycles. The van der Waals surface area contributed by atoms with Crippen molar-refractivity contribution in [2.75, 3.05) is 11.1 Å². The van der Waals surface area contributed by atoms with E-state index in [1.54, 1.807) is 11.3 Å². The summed E-state index contributed by atoms with van der Waals surface area (Å²) in [4.78, 5) is 26.9. The highest BCUT2D eigenvalue weighted by Gasteiger charge is 2.42. The van der Waals surface area contributed by atoms with Crippen molar-refractivity contribution in [2.24, 2.45) is 5.41 Å². The fourth-order valence-corrected chi connectivity index (χ4v) is 6.15. The summed E-state index contributed by atoms with van der Waals surface area (Å²) in [7, 11) is 0. The number of benzene rings is 1. The molecule has 1 unspecified atom stereocenters. The van der Waals surface area contributed by atoms with Crippen LogP contribution >= 0.6 is 23.1 Å². The van der Waals surface area contributed by atoms with E-state index in [0.29, 0.717) is 22.6 Å². The number of hydrogen-bond donors (Lipinski definition) is 2. The van der Waals surface area contributed by atoms with Crippen molar-refractivity contribution in [3.8, 4) is 6.07 Å². The zero-order chi connectivity index (χ0) is 23.8. The Morgan fingerprint density at radius 1 is 1.27 bits per heavy atom. The number of thioether (sulfide) groups is 1. The molecule has 4 rings (SSSR count). The van der Waals surface area contributed by atoms with E-state index in [0.717, 1.165) is 33.8 Å². The highest BCUT2D eigenvalue weighted by atomic mass is 32.2. The Morgan fingerprint density at radius 2 is 2.06 bits per heavy atom. The van der Waals surface area contributed by atoms with Gasteiger partial charge in [-0.15, -0.1) is 11.3 Å². The van der Waals surface area contributed by atoms with E-state index in [-0.39, 0.29) is 28.8 Å². The van der Waals surface area contributed by atoms with Crippen LogP contribution in [-0.2, 0) is 9.59 Å². The Kier molecular flexibility index (Phi) is 6.51. The van der Waals surface area contributed by atoms with Gasteiger partial charge < -0.3 is 10.6 Å². The third-order valence-corrected chi connectivity index (χ3v) is 8.14. The third-order valence-electron chi connectivity index (χ3n) is 6.18. The number of rotatable bonds is 5. The molecule has 170 valence electrons. The molecule has 0 fully saturated rings. The van der Waals surface area contributed by atoms with Crippen LogP contribution in [0.5, 0.6) is 0 Å². The van der Waals surface area contributed by atoms with Gasteiger partial charge in [0.1, 0.15) is 0 Å². The van der Waals surface area contributed by atoms with E-state index < -0.39 is 0 Å². The number of ketones is 1. The van der Waals surface area contributed by atoms with E-state index in [1.165, 1.54) is 11.8 Å². The molecular formula is C26H27N3O2S2. The van der Waals surface area contributed by atoms with Crippen LogP contribution in [0.2, 0.25) is 0 Å². The zero-order valence-corrected chi connectivity index (χ0v) is 20.9. The maximum absolute atomic E-state index is 13.2. The van der Waals surface area contributed by atoms with Gasteiger partial charge in [-0.05, 0) is 54.3 Å². The van der Waals surface area contributed by atoms with Gasteiger partial charge in [0.05, 0.1) is 28.3 Å². The fourth-order valence-electron chi connectivity index (χ4n) is 4.44. The number of nitrogens with one attached hydrogen (secondary N) is 2. The molecule has 0 spiro atoms. The number of hydrogen-bond acceptors (Lipinski definition) is 6. The predicted octanol–water partition coefficient (Wildman–Crippen LogP) is 5.80. The molecule has 5 nitrogen and oxygen atoms in total. The van der Waals surface area contributed by atoms with Gasteiger partial charge in [0.2, 0.25) is 5.91 Å². The van der Waals surface area contributed by atoms with Crippen molar-refractivity contribution in [1.29, 1.82) is 5.26 Å². The zero-order valence-electron chi connectivity index (χ0n) is 19.2. The average Bonchev–Trinajstić information content (AvgIpc) is 3.28. The molecule has 1 amide bonds. The van der Waals surface area contributed by atoms with Gasteiger partial charge in [-0.3, -0.25) is 9.59 Å². The first-order chi connectivity index (χ1) is 15.7. The van der Waals surface area contributed by atoms with Crippen molar-refractivity contribution in [2.45, 2.75) is 46.5 Å². The lowest BCUT2D eigenvalue weighted by Crippen LogP contribution is -2.36. The highest BCUT2D eigenvalue weighted by molar-refractivity contribution is 8.03. The van der Waals surface area contributed by atoms with Gasteiger partial charge in [0.15, 0.2) is 5.78 Å². The van der Waals surface area contributed by atoms with Gasteiger partial charge in [-0.2, -0.15) is 5.26 Å². The predicted molar refractivity (Wildman–Crippen MR) is 135 cm³/mol. The van der Waals surface area contributed by atoms with Crippen LogP contribution in [0, 0.1) is 30.6 Å². The molecule has 7 heteroatoms. The average molecular weight is 478 g/mol. The number of anilines is 1. The molecule has 2 heterocycles. The Morgan fingerprint density at radius 3 is 2.76 bits per heavy atom. The summed E-state index contributed by atoms with van der Waals surface area (Å²) in [6.45, 7) is 8.17. The van der Waals surface area contributed by atoms with E-state index in [2.05, 4.69) is 30.6 Å². The quantitative estimate of drug-likeness (QED) is 0.569. The van der Waals surface area contributed by atoms with Crippen LogP contribution in [-0.4, -0.2) is 17.4 Å². The summed E-state index contributed by atoms with van der Waals surface area (Å²) in [5.41, 5.74) is 4.90. The van der Waals surface area contributed by atoms with Crippen LogP contribution in [0.15, 0.2) is 57.6 Å². The number of aryl methyl sites for hydroxylation is 1. The second-order valence-corrected chi connectivity index (χ2v) is 11.3. The fraction of sp³-hybridized carbons (Fsp3) is 0.346. The summed E-state index contributed by atoms with van der Waals surface area (Å²) < 4.78 is 0. The van der Waals surface area contributed by atoms with Crippen LogP contribution in [0.4, 0.5) is 5.69 Å². The van der Waals surface area contributed by atoms with E-state index in [9.17, 15) is 14.9 Å². The third kappa shape index (κ3) is 4.78. The summed E-state index contributed by atoms with van der Waals surface area (Å²) in [6, 6.07) is 12.1. The Bertz CT molecular complexity index is 1220. The van der Waals surface area contributed by atoms with Crippen molar-refractivity contribution < 1.29 is 9.59 Å². The first-order valence-corrected chi connectivity index (χ1v) is 12.8. The topological polar surface area (TPSA) is 82.0 Å². The van der Waals surface area contributed by atoms with Crippen molar-refractivity contribution in [3.63, 3.8) is 0 Å². The van der Waals surface area contributed by atoms with Crippen LogP contribution in [0.3, 0.4) is 0 Å². The molecule has 0 saturated carbocycles. The monoisotopic (exact) mass is 477 g/mol. The first kappa shape index (κ1) is 23.3. The van der Waals surface area contributed by atoms with Crippen molar-refractivity contribution >= 4 is 40.5 Å². The molecule has 1 aromatic heterocycles. The lowest BCUT2D eigenvalue weighted by Gasteiger charge is -2.38. The van der Waals surface area contributed by atoms with Crippen LogP contribution < -0.4 is 10.6 Å². The van der Waals surface area contributed by atoms with Gasteiger partial charge in [0.25, 0.3) is 0 Å². The standard InChI is InChI=1S/C26H27N3O2S2/c1-15-7-5-8-18(16(15)2)28-22(31)14-33-25-17(13-27)23(21-9-6-10-32-21)24-19(29-25)11-26(3,4)12-20(24)30/h5-10,23,29H,11-12,14H2,1-4H3,(H,28,31). The molecule has 0 saturated heterocycles.